The smallest absolute Gasteiger partial charge is 0.123 e. The number of hydrogen-bond donors (Lipinski definition) is 1. The Morgan fingerprint density at radius 1 is 1.54 bits per heavy atom. The lowest BCUT2D eigenvalue weighted by Crippen LogP contribution is -2.55. The number of nitrogens with one attached hydrogen (secondary N) is 1. The van der Waals surface area contributed by atoms with Gasteiger partial charge in [-0.05, 0) is 44.0 Å². The van der Waals surface area contributed by atoms with Crippen molar-refractivity contribution in [1.82, 2.24) is 5.32 Å². The van der Waals surface area contributed by atoms with Crippen LogP contribution in [0.3, 0.4) is 0 Å². The summed E-state index contributed by atoms with van der Waals surface area (Å²) in [4.78, 5) is 0. The minimum absolute atomic E-state index is 0.138. The van der Waals surface area contributed by atoms with Crippen LogP contribution in [0.25, 0.3) is 0 Å². The SMILES string of the molecule is CC1(Cc2cccc(F)c2)CCN1. The Hall–Kier alpha value is -0.890. The molecule has 1 nitrogen and oxygen atoms in total. The van der Waals surface area contributed by atoms with E-state index < -0.39 is 0 Å². The van der Waals surface area contributed by atoms with Crippen molar-refractivity contribution in [1.29, 1.82) is 0 Å². The van der Waals surface area contributed by atoms with E-state index >= 15 is 0 Å². The summed E-state index contributed by atoms with van der Waals surface area (Å²) in [5.41, 5.74) is 1.28. The van der Waals surface area contributed by atoms with E-state index in [1.807, 2.05) is 6.07 Å². The second-order valence-electron chi connectivity index (χ2n) is 4.04. The maximum atomic E-state index is 12.8. The van der Waals surface area contributed by atoms with Crippen LogP contribution in [0.4, 0.5) is 4.39 Å². The van der Waals surface area contributed by atoms with E-state index in [-0.39, 0.29) is 11.4 Å². The number of rotatable bonds is 2. The van der Waals surface area contributed by atoms with Crippen molar-refractivity contribution in [3.8, 4) is 0 Å². The van der Waals surface area contributed by atoms with Gasteiger partial charge in [-0.2, -0.15) is 0 Å². The highest BCUT2D eigenvalue weighted by molar-refractivity contribution is 5.19. The van der Waals surface area contributed by atoms with Gasteiger partial charge in [-0.1, -0.05) is 12.1 Å². The molecule has 2 heteroatoms. The Morgan fingerprint density at radius 2 is 2.31 bits per heavy atom. The van der Waals surface area contributed by atoms with Gasteiger partial charge in [0, 0.05) is 5.54 Å². The summed E-state index contributed by atoms with van der Waals surface area (Å²) in [7, 11) is 0. The molecule has 70 valence electrons. The molecule has 1 unspecified atom stereocenters. The molecule has 1 atom stereocenters. The van der Waals surface area contributed by atoms with E-state index in [4.69, 9.17) is 0 Å². The highest BCUT2D eigenvalue weighted by Gasteiger charge is 2.30. The molecule has 1 saturated heterocycles. The first-order valence-corrected chi connectivity index (χ1v) is 4.67. The van der Waals surface area contributed by atoms with Crippen molar-refractivity contribution in [2.45, 2.75) is 25.3 Å². The van der Waals surface area contributed by atoms with Crippen LogP contribution in [0.1, 0.15) is 18.9 Å². The molecular formula is C11H14FN. The third-order valence-electron chi connectivity index (χ3n) is 2.71. The first-order valence-electron chi connectivity index (χ1n) is 4.67. The number of hydrogen-bond acceptors (Lipinski definition) is 1. The monoisotopic (exact) mass is 179 g/mol. The zero-order chi connectivity index (χ0) is 9.31. The Labute approximate surface area is 78.0 Å². The molecule has 2 rings (SSSR count). The molecule has 0 aromatic heterocycles. The summed E-state index contributed by atoms with van der Waals surface area (Å²) < 4.78 is 12.8. The molecule has 0 radical (unpaired) electrons. The van der Waals surface area contributed by atoms with Crippen LogP contribution in [0.5, 0.6) is 0 Å². The quantitative estimate of drug-likeness (QED) is 0.733. The fourth-order valence-electron chi connectivity index (χ4n) is 1.80. The normalized spacial score (nSPS) is 26.9. The van der Waals surface area contributed by atoms with E-state index in [1.165, 1.54) is 12.5 Å². The van der Waals surface area contributed by atoms with Crippen molar-refractivity contribution in [3.63, 3.8) is 0 Å². The summed E-state index contributed by atoms with van der Waals surface area (Å²) in [5, 5.41) is 3.37. The topological polar surface area (TPSA) is 12.0 Å². The van der Waals surface area contributed by atoms with Crippen LogP contribution in [0, 0.1) is 5.82 Å². The molecule has 0 spiro atoms. The molecule has 0 amide bonds. The fourth-order valence-corrected chi connectivity index (χ4v) is 1.80. The first kappa shape index (κ1) is 8.70. The Kier molecular flexibility index (Phi) is 2.08. The van der Waals surface area contributed by atoms with Crippen molar-refractivity contribution in [2.75, 3.05) is 6.54 Å². The van der Waals surface area contributed by atoms with Gasteiger partial charge in [0.05, 0.1) is 0 Å². The molecule has 1 aromatic rings. The highest BCUT2D eigenvalue weighted by atomic mass is 19.1. The van der Waals surface area contributed by atoms with Crippen LogP contribution in [0.2, 0.25) is 0 Å². The molecule has 0 bridgehead atoms. The second kappa shape index (κ2) is 3.11. The predicted octanol–water partition coefficient (Wildman–Crippen LogP) is 2.12. The molecule has 13 heavy (non-hydrogen) atoms. The molecule has 0 saturated carbocycles. The average molecular weight is 179 g/mol. The standard InChI is InChI=1S/C11H14FN/c1-11(5-6-13-11)8-9-3-2-4-10(12)7-9/h2-4,7,13H,5-6,8H2,1H3. The maximum Gasteiger partial charge on any atom is 0.123 e. The number of benzene rings is 1. The lowest BCUT2D eigenvalue weighted by atomic mass is 9.84. The van der Waals surface area contributed by atoms with Crippen molar-refractivity contribution >= 4 is 0 Å². The zero-order valence-corrected chi connectivity index (χ0v) is 7.81. The zero-order valence-electron chi connectivity index (χ0n) is 7.81. The maximum absolute atomic E-state index is 12.8. The fraction of sp³-hybridized carbons (Fsp3) is 0.455. The predicted molar refractivity (Wildman–Crippen MR) is 51.1 cm³/mol. The van der Waals surface area contributed by atoms with E-state index in [9.17, 15) is 4.39 Å². The van der Waals surface area contributed by atoms with Crippen molar-refractivity contribution < 1.29 is 4.39 Å². The van der Waals surface area contributed by atoms with Gasteiger partial charge in [0.1, 0.15) is 5.82 Å². The van der Waals surface area contributed by atoms with E-state index in [0.29, 0.717) is 0 Å². The largest absolute Gasteiger partial charge is 0.311 e. The summed E-state index contributed by atoms with van der Waals surface area (Å²) in [6.07, 6.45) is 2.11. The molecule has 1 aliphatic rings. The minimum Gasteiger partial charge on any atom is -0.311 e. The van der Waals surface area contributed by atoms with Crippen LogP contribution >= 0.6 is 0 Å². The molecule has 1 fully saturated rings. The lowest BCUT2D eigenvalue weighted by molar-refractivity contribution is 0.231. The van der Waals surface area contributed by atoms with Crippen LogP contribution in [-0.4, -0.2) is 12.1 Å². The van der Waals surface area contributed by atoms with Crippen molar-refractivity contribution in [3.05, 3.63) is 35.6 Å². The van der Waals surface area contributed by atoms with Crippen LogP contribution in [-0.2, 0) is 6.42 Å². The third kappa shape index (κ3) is 1.89. The lowest BCUT2D eigenvalue weighted by Gasteiger charge is -2.40. The first-order chi connectivity index (χ1) is 6.18. The minimum atomic E-state index is -0.138. The number of halogens is 1. The summed E-state index contributed by atoms with van der Waals surface area (Å²) in [6, 6.07) is 6.85. The van der Waals surface area contributed by atoms with Gasteiger partial charge in [0.2, 0.25) is 0 Å². The molecular weight excluding hydrogens is 165 g/mol. The third-order valence-corrected chi connectivity index (χ3v) is 2.71. The average Bonchev–Trinajstić information content (AvgIpc) is 2.01. The van der Waals surface area contributed by atoms with Gasteiger partial charge in [-0.3, -0.25) is 0 Å². The van der Waals surface area contributed by atoms with Gasteiger partial charge >= 0.3 is 0 Å². The molecule has 1 heterocycles. The van der Waals surface area contributed by atoms with Gasteiger partial charge in [-0.15, -0.1) is 0 Å². The molecule has 0 aliphatic carbocycles. The van der Waals surface area contributed by atoms with Crippen molar-refractivity contribution in [2.24, 2.45) is 0 Å². The Morgan fingerprint density at radius 3 is 2.85 bits per heavy atom. The second-order valence-corrected chi connectivity index (χ2v) is 4.04. The summed E-state index contributed by atoms with van der Waals surface area (Å²) >= 11 is 0. The van der Waals surface area contributed by atoms with E-state index in [1.54, 1.807) is 12.1 Å². The molecule has 1 aromatic carbocycles. The van der Waals surface area contributed by atoms with Gasteiger partial charge in [0.15, 0.2) is 0 Å². The Bertz CT molecular complexity index is 305. The van der Waals surface area contributed by atoms with Crippen LogP contribution < -0.4 is 5.32 Å². The van der Waals surface area contributed by atoms with Gasteiger partial charge in [0.25, 0.3) is 0 Å². The molecule has 1 N–H and O–H groups in total. The van der Waals surface area contributed by atoms with E-state index in [2.05, 4.69) is 12.2 Å². The van der Waals surface area contributed by atoms with E-state index in [0.717, 1.165) is 18.5 Å². The van der Waals surface area contributed by atoms with Crippen LogP contribution in [0.15, 0.2) is 24.3 Å². The van der Waals surface area contributed by atoms with Gasteiger partial charge < -0.3 is 5.32 Å². The highest BCUT2D eigenvalue weighted by Crippen LogP contribution is 2.23. The summed E-state index contributed by atoms with van der Waals surface area (Å²) in [5.74, 6) is -0.138. The summed E-state index contributed by atoms with van der Waals surface area (Å²) in [6.45, 7) is 3.27. The van der Waals surface area contributed by atoms with Gasteiger partial charge in [-0.25, -0.2) is 4.39 Å². The Balaban J connectivity index is 2.09. The molecule has 1 aliphatic heterocycles.